The number of halogens is 1. The summed E-state index contributed by atoms with van der Waals surface area (Å²) in [6, 6.07) is 4.98. The SMILES string of the molecule is COc1ccc(C2CC(=O)OC2=O)cc1Cl. The molecule has 0 aliphatic carbocycles. The number of methoxy groups -OCH3 is 1. The molecule has 1 aliphatic rings. The fourth-order valence-electron chi connectivity index (χ4n) is 1.63. The summed E-state index contributed by atoms with van der Waals surface area (Å²) in [5.41, 5.74) is 0.668. The minimum Gasteiger partial charge on any atom is -0.495 e. The van der Waals surface area contributed by atoms with E-state index in [0.717, 1.165) is 0 Å². The Morgan fingerprint density at radius 3 is 2.69 bits per heavy atom. The minimum atomic E-state index is -0.545. The average molecular weight is 241 g/mol. The lowest BCUT2D eigenvalue weighted by Gasteiger charge is -2.08. The van der Waals surface area contributed by atoms with Crippen molar-refractivity contribution in [3.05, 3.63) is 28.8 Å². The van der Waals surface area contributed by atoms with E-state index in [4.69, 9.17) is 16.3 Å². The molecule has 1 heterocycles. The van der Waals surface area contributed by atoms with Crippen LogP contribution < -0.4 is 4.74 Å². The average Bonchev–Trinajstić information content (AvgIpc) is 2.58. The van der Waals surface area contributed by atoms with Gasteiger partial charge in [0.25, 0.3) is 0 Å². The van der Waals surface area contributed by atoms with Crippen molar-refractivity contribution < 1.29 is 19.1 Å². The summed E-state index contributed by atoms with van der Waals surface area (Å²) in [4.78, 5) is 22.3. The smallest absolute Gasteiger partial charge is 0.321 e. The summed E-state index contributed by atoms with van der Waals surface area (Å²) in [6.45, 7) is 0. The maximum Gasteiger partial charge on any atom is 0.321 e. The molecule has 0 radical (unpaired) electrons. The van der Waals surface area contributed by atoms with Gasteiger partial charge >= 0.3 is 11.9 Å². The number of carbonyl (C=O) groups excluding carboxylic acids is 2. The zero-order chi connectivity index (χ0) is 11.7. The van der Waals surface area contributed by atoms with Crippen molar-refractivity contribution >= 4 is 23.5 Å². The van der Waals surface area contributed by atoms with Crippen LogP contribution >= 0.6 is 11.6 Å². The van der Waals surface area contributed by atoms with Crippen LogP contribution in [0.15, 0.2) is 18.2 Å². The molecule has 0 aromatic heterocycles. The monoisotopic (exact) mass is 240 g/mol. The summed E-state index contributed by atoms with van der Waals surface area (Å²) in [5.74, 6) is -1.04. The molecule has 0 bridgehead atoms. The van der Waals surface area contributed by atoms with Crippen LogP contribution in [-0.2, 0) is 14.3 Å². The van der Waals surface area contributed by atoms with Crippen molar-refractivity contribution in [2.45, 2.75) is 12.3 Å². The fourth-order valence-corrected chi connectivity index (χ4v) is 1.89. The van der Waals surface area contributed by atoms with Gasteiger partial charge < -0.3 is 9.47 Å². The first-order valence-corrected chi connectivity index (χ1v) is 5.07. The normalized spacial score (nSPS) is 19.8. The largest absolute Gasteiger partial charge is 0.495 e. The maximum absolute atomic E-state index is 11.3. The topological polar surface area (TPSA) is 52.6 Å². The molecule has 1 unspecified atom stereocenters. The zero-order valence-corrected chi connectivity index (χ0v) is 9.28. The molecule has 0 N–H and O–H groups in total. The second-order valence-corrected chi connectivity index (χ2v) is 3.85. The Kier molecular flexibility index (Phi) is 2.83. The van der Waals surface area contributed by atoms with Crippen molar-refractivity contribution in [3.8, 4) is 5.75 Å². The van der Waals surface area contributed by atoms with Gasteiger partial charge in [-0.1, -0.05) is 17.7 Å². The van der Waals surface area contributed by atoms with E-state index in [1.807, 2.05) is 0 Å². The van der Waals surface area contributed by atoms with Gasteiger partial charge in [-0.3, -0.25) is 9.59 Å². The van der Waals surface area contributed by atoms with Gasteiger partial charge in [-0.2, -0.15) is 0 Å². The molecule has 5 heteroatoms. The summed E-state index contributed by atoms with van der Waals surface area (Å²) in [5, 5.41) is 0.409. The van der Waals surface area contributed by atoms with E-state index in [-0.39, 0.29) is 6.42 Å². The van der Waals surface area contributed by atoms with E-state index in [1.165, 1.54) is 7.11 Å². The number of hydrogen-bond donors (Lipinski definition) is 0. The predicted molar refractivity (Wildman–Crippen MR) is 56.5 cm³/mol. The van der Waals surface area contributed by atoms with Crippen molar-refractivity contribution in [2.75, 3.05) is 7.11 Å². The van der Waals surface area contributed by atoms with Crippen LogP contribution in [0.2, 0.25) is 5.02 Å². The van der Waals surface area contributed by atoms with Gasteiger partial charge in [-0.15, -0.1) is 0 Å². The standard InChI is InChI=1S/C11H9ClO4/c1-15-9-3-2-6(4-8(9)12)7-5-10(13)16-11(7)14/h2-4,7H,5H2,1H3. The summed E-state index contributed by atoms with van der Waals surface area (Å²) in [7, 11) is 1.51. The van der Waals surface area contributed by atoms with Crippen LogP contribution in [0.5, 0.6) is 5.75 Å². The summed E-state index contributed by atoms with van der Waals surface area (Å²) >= 11 is 5.93. The maximum atomic E-state index is 11.3. The first-order valence-electron chi connectivity index (χ1n) is 4.70. The number of hydrogen-bond acceptors (Lipinski definition) is 4. The van der Waals surface area contributed by atoms with E-state index >= 15 is 0 Å². The number of ether oxygens (including phenoxy) is 2. The molecule has 4 nitrogen and oxygen atoms in total. The van der Waals surface area contributed by atoms with Crippen molar-refractivity contribution in [2.24, 2.45) is 0 Å². The highest BCUT2D eigenvalue weighted by atomic mass is 35.5. The Hall–Kier alpha value is -1.55. The van der Waals surface area contributed by atoms with Gasteiger partial charge in [0.1, 0.15) is 5.75 Å². The molecule has 2 rings (SSSR count). The number of benzene rings is 1. The molecular formula is C11H9ClO4. The second kappa shape index (κ2) is 4.14. The van der Waals surface area contributed by atoms with Crippen molar-refractivity contribution in [1.29, 1.82) is 0 Å². The van der Waals surface area contributed by atoms with Crippen LogP contribution in [0.1, 0.15) is 17.9 Å². The van der Waals surface area contributed by atoms with Gasteiger partial charge in [0.2, 0.25) is 0 Å². The van der Waals surface area contributed by atoms with Gasteiger partial charge in [0, 0.05) is 0 Å². The number of cyclic esters (lactones) is 2. The lowest BCUT2D eigenvalue weighted by atomic mass is 9.98. The quantitative estimate of drug-likeness (QED) is 0.585. The Labute approximate surface area is 97.1 Å². The van der Waals surface area contributed by atoms with Gasteiger partial charge in [0.15, 0.2) is 0 Å². The third kappa shape index (κ3) is 1.88. The van der Waals surface area contributed by atoms with Crippen LogP contribution in [-0.4, -0.2) is 19.0 Å². The lowest BCUT2D eigenvalue weighted by molar-refractivity contribution is -0.152. The van der Waals surface area contributed by atoms with Gasteiger partial charge in [-0.05, 0) is 17.7 Å². The van der Waals surface area contributed by atoms with E-state index in [1.54, 1.807) is 18.2 Å². The van der Waals surface area contributed by atoms with Crippen LogP contribution in [0, 0.1) is 0 Å². The Bertz CT molecular complexity index is 455. The molecule has 1 aliphatic heterocycles. The van der Waals surface area contributed by atoms with E-state index in [2.05, 4.69) is 4.74 Å². The van der Waals surface area contributed by atoms with E-state index < -0.39 is 17.9 Å². The Morgan fingerprint density at radius 1 is 1.44 bits per heavy atom. The first kappa shape index (κ1) is 11.0. The van der Waals surface area contributed by atoms with Crippen molar-refractivity contribution in [3.63, 3.8) is 0 Å². The summed E-state index contributed by atoms with van der Waals surface area (Å²) in [6.07, 6.45) is 0.0709. The number of esters is 2. The number of rotatable bonds is 2. The van der Waals surface area contributed by atoms with Crippen LogP contribution in [0.3, 0.4) is 0 Å². The van der Waals surface area contributed by atoms with Crippen LogP contribution in [0.4, 0.5) is 0 Å². The zero-order valence-electron chi connectivity index (χ0n) is 8.53. The molecule has 0 saturated carbocycles. The van der Waals surface area contributed by atoms with Gasteiger partial charge in [-0.25, -0.2) is 0 Å². The van der Waals surface area contributed by atoms with Crippen LogP contribution in [0.25, 0.3) is 0 Å². The minimum absolute atomic E-state index is 0.0709. The molecule has 1 saturated heterocycles. The third-order valence-electron chi connectivity index (χ3n) is 2.45. The van der Waals surface area contributed by atoms with E-state index in [9.17, 15) is 9.59 Å². The van der Waals surface area contributed by atoms with Crippen molar-refractivity contribution in [1.82, 2.24) is 0 Å². The molecule has 1 aromatic carbocycles. The molecule has 1 aromatic rings. The third-order valence-corrected chi connectivity index (χ3v) is 2.74. The fraction of sp³-hybridized carbons (Fsp3) is 0.273. The Balaban J connectivity index is 2.31. The molecule has 16 heavy (non-hydrogen) atoms. The molecular weight excluding hydrogens is 232 g/mol. The number of carbonyl (C=O) groups is 2. The second-order valence-electron chi connectivity index (χ2n) is 3.44. The highest BCUT2D eigenvalue weighted by Gasteiger charge is 2.34. The highest BCUT2D eigenvalue weighted by Crippen LogP contribution is 2.32. The first-order chi connectivity index (χ1) is 7.61. The van der Waals surface area contributed by atoms with E-state index in [0.29, 0.717) is 16.3 Å². The molecule has 84 valence electrons. The summed E-state index contributed by atoms with van der Waals surface area (Å²) < 4.78 is 9.47. The highest BCUT2D eigenvalue weighted by molar-refractivity contribution is 6.32. The predicted octanol–water partition coefficient (Wildman–Crippen LogP) is 1.91. The molecule has 0 amide bonds. The molecule has 1 atom stereocenters. The van der Waals surface area contributed by atoms with Gasteiger partial charge in [0.05, 0.1) is 24.5 Å². The lowest BCUT2D eigenvalue weighted by Crippen LogP contribution is -2.05. The molecule has 1 fully saturated rings. The molecule has 0 spiro atoms. The Morgan fingerprint density at radius 2 is 2.19 bits per heavy atom.